The third kappa shape index (κ3) is 3.79. The minimum atomic E-state index is 0.0598. The molecule has 0 fully saturated rings. The van der Waals surface area contributed by atoms with E-state index in [1.165, 1.54) is 0 Å². The summed E-state index contributed by atoms with van der Waals surface area (Å²) in [5.41, 5.74) is 1.84. The SMILES string of the molecule is CC(C)(C)c1csc(CNc2c(Cl)cc(Cl)cc2Cl)n1. The molecule has 0 spiro atoms. The maximum absolute atomic E-state index is 6.13. The van der Waals surface area contributed by atoms with Crippen LogP contribution in [0, 0.1) is 0 Å². The highest BCUT2D eigenvalue weighted by atomic mass is 35.5. The first-order chi connectivity index (χ1) is 9.27. The standard InChI is InChI=1S/C14H15Cl3N2S/c1-14(2,3)11-7-20-12(19-11)6-18-13-9(16)4-8(15)5-10(13)17/h4-5,7,18H,6H2,1-3H3. The molecule has 0 atom stereocenters. The van der Waals surface area contributed by atoms with E-state index in [2.05, 4.69) is 36.5 Å². The van der Waals surface area contributed by atoms with Crippen molar-refractivity contribution in [3.8, 4) is 0 Å². The molecule has 0 radical (unpaired) electrons. The van der Waals surface area contributed by atoms with Gasteiger partial charge in [0.1, 0.15) is 5.01 Å². The zero-order valence-electron chi connectivity index (χ0n) is 11.4. The van der Waals surface area contributed by atoms with Crippen LogP contribution in [0.3, 0.4) is 0 Å². The lowest BCUT2D eigenvalue weighted by molar-refractivity contribution is 0.571. The van der Waals surface area contributed by atoms with Gasteiger partial charge in [-0.1, -0.05) is 55.6 Å². The molecule has 1 heterocycles. The van der Waals surface area contributed by atoms with Gasteiger partial charge in [-0.25, -0.2) is 4.98 Å². The van der Waals surface area contributed by atoms with Crippen LogP contribution in [0.15, 0.2) is 17.5 Å². The van der Waals surface area contributed by atoms with E-state index in [1.54, 1.807) is 23.5 Å². The molecule has 2 rings (SSSR count). The fraction of sp³-hybridized carbons (Fsp3) is 0.357. The second-order valence-electron chi connectivity index (χ2n) is 5.47. The van der Waals surface area contributed by atoms with Crippen molar-refractivity contribution in [3.63, 3.8) is 0 Å². The fourth-order valence-electron chi connectivity index (χ4n) is 1.61. The largest absolute Gasteiger partial charge is 0.376 e. The topological polar surface area (TPSA) is 24.9 Å². The van der Waals surface area contributed by atoms with E-state index >= 15 is 0 Å². The van der Waals surface area contributed by atoms with Gasteiger partial charge in [0.2, 0.25) is 0 Å². The Bertz CT molecular complexity index is 594. The zero-order valence-corrected chi connectivity index (χ0v) is 14.5. The summed E-state index contributed by atoms with van der Waals surface area (Å²) in [5.74, 6) is 0. The molecule has 0 unspecified atom stereocenters. The highest BCUT2D eigenvalue weighted by Gasteiger charge is 2.17. The lowest BCUT2D eigenvalue weighted by Crippen LogP contribution is -2.12. The van der Waals surface area contributed by atoms with Crippen molar-refractivity contribution >= 4 is 51.8 Å². The van der Waals surface area contributed by atoms with Crippen molar-refractivity contribution in [1.82, 2.24) is 4.98 Å². The van der Waals surface area contributed by atoms with Gasteiger partial charge in [0.05, 0.1) is 28.0 Å². The molecular weight excluding hydrogens is 335 g/mol. The number of thiazole rings is 1. The average Bonchev–Trinajstić information content (AvgIpc) is 2.75. The fourth-order valence-corrected chi connectivity index (χ4v) is 3.52. The normalized spacial score (nSPS) is 11.7. The van der Waals surface area contributed by atoms with E-state index in [1.807, 2.05) is 0 Å². The summed E-state index contributed by atoms with van der Waals surface area (Å²) in [6, 6.07) is 3.33. The van der Waals surface area contributed by atoms with E-state index < -0.39 is 0 Å². The molecule has 1 aromatic heterocycles. The first-order valence-electron chi connectivity index (χ1n) is 6.10. The van der Waals surface area contributed by atoms with Gasteiger partial charge in [0, 0.05) is 15.8 Å². The monoisotopic (exact) mass is 348 g/mol. The molecule has 6 heteroatoms. The molecule has 0 amide bonds. The molecule has 0 aliphatic heterocycles. The number of benzene rings is 1. The van der Waals surface area contributed by atoms with Crippen LogP contribution in [-0.2, 0) is 12.0 Å². The van der Waals surface area contributed by atoms with Gasteiger partial charge in [0.15, 0.2) is 0 Å². The second kappa shape index (κ2) is 6.10. The van der Waals surface area contributed by atoms with Crippen LogP contribution in [-0.4, -0.2) is 4.98 Å². The highest BCUT2D eigenvalue weighted by molar-refractivity contribution is 7.09. The molecule has 0 aliphatic rings. The van der Waals surface area contributed by atoms with Crippen LogP contribution in [0.2, 0.25) is 15.1 Å². The van der Waals surface area contributed by atoms with Gasteiger partial charge in [-0.15, -0.1) is 11.3 Å². The molecule has 0 bridgehead atoms. The molecule has 108 valence electrons. The molecule has 0 saturated carbocycles. The summed E-state index contributed by atoms with van der Waals surface area (Å²) in [5, 5.41) is 7.84. The van der Waals surface area contributed by atoms with Gasteiger partial charge in [-0.2, -0.15) is 0 Å². The van der Waals surface area contributed by atoms with Crippen molar-refractivity contribution in [2.24, 2.45) is 0 Å². The number of anilines is 1. The third-order valence-electron chi connectivity index (χ3n) is 2.74. The molecule has 1 N–H and O–H groups in total. The molecule has 20 heavy (non-hydrogen) atoms. The Morgan fingerprint density at radius 3 is 2.25 bits per heavy atom. The molecule has 1 aromatic carbocycles. The van der Waals surface area contributed by atoms with Crippen LogP contribution < -0.4 is 5.32 Å². The number of halogens is 3. The molecule has 2 nitrogen and oxygen atoms in total. The molecule has 2 aromatic rings. The Labute approximate surface area is 138 Å². The van der Waals surface area contributed by atoms with Crippen LogP contribution in [0.4, 0.5) is 5.69 Å². The maximum atomic E-state index is 6.13. The van der Waals surface area contributed by atoms with Crippen LogP contribution in [0.5, 0.6) is 0 Å². The van der Waals surface area contributed by atoms with E-state index in [4.69, 9.17) is 34.8 Å². The first kappa shape index (κ1) is 15.9. The van der Waals surface area contributed by atoms with Gasteiger partial charge in [-0.05, 0) is 12.1 Å². The van der Waals surface area contributed by atoms with Gasteiger partial charge in [0.25, 0.3) is 0 Å². The number of aromatic nitrogens is 1. The second-order valence-corrected chi connectivity index (χ2v) is 7.67. The number of hydrogen-bond donors (Lipinski definition) is 1. The number of nitrogens with zero attached hydrogens (tertiary/aromatic N) is 1. The van der Waals surface area contributed by atoms with E-state index in [0.717, 1.165) is 10.7 Å². The predicted molar refractivity (Wildman–Crippen MR) is 89.6 cm³/mol. The predicted octanol–water partition coefficient (Wildman–Crippen LogP) is 6.01. The maximum Gasteiger partial charge on any atom is 0.112 e. The third-order valence-corrected chi connectivity index (χ3v) is 4.41. The summed E-state index contributed by atoms with van der Waals surface area (Å²) in [6.45, 7) is 7.02. The van der Waals surface area contributed by atoms with Gasteiger partial charge < -0.3 is 5.32 Å². The van der Waals surface area contributed by atoms with Crippen molar-refractivity contribution in [3.05, 3.63) is 43.3 Å². The van der Waals surface area contributed by atoms with Crippen LogP contribution in [0.25, 0.3) is 0 Å². The van der Waals surface area contributed by atoms with Crippen molar-refractivity contribution in [1.29, 1.82) is 0 Å². The Kier molecular flexibility index (Phi) is 4.85. The number of nitrogens with one attached hydrogen (secondary N) is 1. The molecular formula is C14H15Cl3N2S. The summed E-state index contributed by atoms with van der Waals surface area (Å²) in [4.78, 5) is 4.62. The summed E-state index contributed by atoms with van der Waals surface area (Å²) >= 11 is 19.8. The lowest BCUT2D eigenvalue weighted by atomic mass is 9.93. The number of hydrogen-bond acceptors (Lipinski definition) is 3. The van der Waals surface area contributed by atoms with Crippen molar-refractivity contribution < 1.29 is 0 Å². The number of rotatable bonds is 3. The Balaban J connectivity index is 2.12. The first-order valence-corrected chi connectivity index (χ1v) is 8.12. The summed E-state index contributed by atoms with van der Waals surface area (Å²) in [7, 11) is 0. The van der Waals surface area contributed by atoms with E-state index in [0.29, 0.717) is 27.3 Å². The minimum Gasteiger partial charge on any atom is -0.376 e. The lowest BCUT2D eigenvalue weighted by Gasteiger charge is -2.14. The van der Waals surface area contributed by atoms with E-state index in [9.17, 15) is 0 Å². The summed E-state index contributed by atoms with van der Waals surface area (Å²) < 4.78 is 0. The molecule has 0 aliphatic carbocycles. The van der Waals surface area contributed by atoms with Crippen LogP contribution >= 0.6 is 46.1 Å². The van der Waals surface area contributed by atoms with Gasteiger partial charge >= 0.3 is 0 Å². The van der Waals surface area contributed by atoms with Gasteiger partial charge in [-0.3, -0.25) is 0 Å². The van der Waals surface area contributed by atoms with Crippen LogP contribution in [0.1, 0.15) is 31.5 Å². The Morgan fingerprint density at radius 1 is 1.15 bits per heavy atom. The molecule has 0 saturated heterocycles. The van der Waals surface area contributed by atoms with Crippen molar-refractivity contribution in [2.45, 2.75) is 32.7 Å². The zero-order chi connectivity index (χ0) is 14.9. The minimum absolute atomic E-state index is 0.0598. The Hall–Kier alpha value is -0.480. The quantitative estimate of drug-likeness (QED) is 0.733. The average molecular weight is 350 g/mol. The smallest absolute Gasteiger partial charge is 0.112 e. The highest BCUT2D eigenvalue weighted by Crippen LogP contribution is 2.34. The van der Waals surface area contributed by atoms with E-state index in [-0.39, 0.29) is 5.41 Å². The summed E-state index contributed by atoms with van der Waals surface area (Å²) in [6.07, 6.45) is 0. The van der Waals surface area contributed by atoms with Crippen molar-refractivity contribution in [2.75, 3.05) is 5.32 Å². The Morgan fingerprint density at radius 2 is 1.75 bits per heavy atom.